The molecule has 13 heteroatoms. The van der Waals surface area contributed by atoms with Gasteiger partial charge in [0.25, 0.3) is 0 Å². The number of likely N-dealkylation sites (tertiary alicyclic amines) is 1. The van der Waals surface area contributed by atoms with Gasteiger partial charge in [0, 0.05) is 13.0 Å². The molecule has 1 aromatic carbocycles. The van der Waals surface area contributed by atoms with Crippen molar-refractivity contribution in [1.29, 1.82) is 0 Å². The molecule has 4 unspecified atom stereocenters. The third-order valence-electron chi connectivity index (χ3n) is 6.13. The number of carbonyl (C=O) groups is 5. The highest BCUT2D eigenvalue weighted by Gasteiger charge is 2.39. The Balaban J connectivity index is 2.22. The number of phenols is 1. The van der Waals surface area contributed by atoms with Gasteiger partial charge in [-0.05, 0) is 49.9 Å². The molecule has 0 radical (unpaired) electrons. The molecule has 3 amide bonds. The summed E-state index contributed by atoms with van der Waals surface area (Å²) in [5, 5.41) is 33.2. The summed E-state index contributed by atoms with van der Waals surface area (Å²) in [5.74, 6) is -4.85. The van der Waals surface area contributed by atoms with Crippen LogP contribution in [0.4, 0.5) is 0 Å². The Hall–Kier alpha value is -3.71. The van der Waals surface area contributed by atoms with Crippen LogP contribution in [0.5, 0.6) is 5.75 Å². The first kappa shape index (κ1) is 29.5. The van der Waals surface area contributed by atoms with Crippen LogP contribution in [-0.4, -0.2) is 87.1 Å². The number of carboxylic acid groups (broad SMARTS) is 2. The van der Waals surface area contributed by atoms with Crippen molar-refractivity contribution in [2.24, 2.45) is 11.5 Å². The summed E-state index contributed by atoms with van der Waals surface area (Å²) in [4.78, 5) is 63.0. The molecule has 1 aromatic rings. The Labute approximate surface area is 214 Å². The zero-order chi connectivity index (χ0) is 27.5. The van der Waals surface area contributed by atoms with Crippen molar-refractivity contribution >= 4 is 29.7 Å². The molecule has 9 N–H and O–H groups in total. The zero-order valence-electron chi connectivity index (χ0n) is 20.5. The van der Waals surface area contributed by atoms with Crippen molar-refractivity contribution in [3.05, 3.63) is 29.8 Å². The Morgan fingerprint density at radius 3 is 2.24 bits per heavy atom. The molecule has 1 saturated heterocycles. The Morgan fingerprint density at radius 1 is 1.00 bits per heavy atom. The molecule has 13 nitrogen and oxygen atoms in total. The number of nitrogens with one attached hydrogen (secondary N) is 2. The number of aromatic hydroxyl groups is 1. The number of unbranched alkanes of at least 4 members (excludes halogenated alkanes) is 1. The Morgan fingerprint density at radius 2 is 1.65 bits per heavy atom. The minimum absolute atomic E-state index is 0.00132. The molecule has 1 heterocycles. The average molecular weight is 522 g/mol. The first-order chi connectivity index (χ1) is 17.5. The topological polar surface area (TPSA) is 225 Å². The van der Waals surface area contributed by atoms with Gasteiger partial charge in [-0.2, -0.15) is 0 Å². The lowest BCUT2D eigenvalue weighted by atomic mass is 10.0. The van der Waals surface area contributed by atoms with Crippen LogP contribution in [0.1, 0.15) is 44.1 Å². The summed E-state index contributed by atoms with van der Waals surface area (Å²) in [6, 6.07) is 1.10. The number of rotatable bonds is 14. The van der Waals surface area contributed by atoms with E-state index in [0.29, 0.717) is 37.8 Å². The molecule has 1 aliphatic heterocycles. The largest absolute Gasteiger partial charge is 0.508 e. The van der Waals surface area contributed by atoms with Crippen molar-refractivity contribution < 1.29 is 39.3 Å². The zero-order valence-corrected chi connectivity index (χ0v) is 20.5. The minimum Gasteiger partial charge on any atom is -0.508 e. The molecule has 0 aliphatic carbocycles. The van der Waals surface area contributed by atoms with Gasteiger partial charge in [0.2, 0.25) is 17.7 Å². The summed E-state index contributed by atoms with van der Waals surface area (Å²) in [6.07, 6.45) is 1.45. The van der Waals surface area contributed by atoms with Gasteiger partial charge < -0.3 is 42.3 Å². The summed E-state index contributed by atoms with van der Waals surface area (Å²) in [7, 11) is 0. The Kier molecular flexibility index (Phi) is 11.3. The van der Waals surface area contributed by atoms with Gasteiger partial charge in [0.15, 0.2) is 0 Å². The van der Waals surface area contributed by atoms with Gasteiger partial charge in [-0.3, -0.25) is 19.2 Å². The van der Waals surface area contributed by atoms with Crippen LogP contribution in [0.15, 0.2) is 24.3 Å². The smallest absolute Gasteiger partial charge is 0.326 e. The second-order valence-electron chi connectivity index (χ2n) is 9.01. The third-order valence-corrected chi connectivity index (χ3v) is 6.13. The highest BCUT2D eigenvalue weighted by Crippen LogP contribution is 2.19. The molecule has 0 aromatic heterocycles. The van der Waals surface area contributed by atoms with Crippen LogP contribution >= 0.6 is 0 Å². The lowest BCUT2D eigenvalue weighted by molar-refractivity contribution is -0.150. The number of nitrogens with zero attached hydrogens (tertiary/aromatic N) is 1. The number of carboxylic acids is 2. The predicted octanol–water partition coefficient (Wildman–Crippen LogP) is -1.09. The van der Waals surface area contributed by atoms with Gasteiger partial charge in [-0.15, -0.1) is 0 Å². The quantitative estimate of drug-likeness (QED) is 0.146. The number of aliphatic carboxylic acids is 2. The lowest BCUT2D eigenvalue weighted by Gasteiger charge is -2.28. The summed E-state index contributed by atoms with van der Waals surface area (Å²) >= 11 is 0. The van der Waals surface area contributed by atoms with Crippen molar-refractivity contribution in [3.63, 3.8) is 0 Å². The van der Waals surface area contributed by atoms with Crippen LogP contribution in [0, 0.1) is 0 Å². The number of benzene rings is 1. The maximum absolute atomic E-state index is 13.2. The van der Waals surface area contributed by atoms with Crippen LogP contribution in [0.3, 0.4) is 0 Å². The Bertz CT molecular complexity index is 970. The second kappa shape index (κ2) is 14.1. The van der Waals surface area contributed by atoms with E-state index in [1.165, 1.54) is 12.1 Å². The molecule has 204 valence electrons. The van der Waals surface area contributed by atoms with Crippen molar-refractivity contribution in [2.45, 2.75) is 69.1 Å². The van der Waals surface area contributed by atoms with Crippen LogP contribution in [-0.2, 0) is 30.4 Å². The summed E-state index contributed by atoms with van der Waals surface area (Å²) in [6.45, 7) is 0.562. The fourth-order valence-corrected chi connectivity index (χ4v) is 4.13. The lowest BCUT2D eigenvalue weighted by Crippen LogP contribution is -2.58. The van der Waals surface area contributed by atoms with E-state index in [9.17, 15) is 39.3 Å². The van der Waals surface area contributed by atoms with Crippen molar-refractivity contribution in [1.82, 2.24) is 15.5 Å². The number of nitrogens with two attached hydrogens (primary N) is 2. The van der Waals surface area contributed by atoms with Crippen molar-refractivity contribution in [2.75, 3.05) is 13.1 Å². The minimum atomic E-state index is -1.54. The van der Waals surface area contributed by atoms with E-state index in [1.54, 1.807) is 12.1 Å². The standard InChI is InChI=1S/C24H35N5O8/c25-10-2-1-4-16(26)21(33)27-17(12-14-6-8-15(30)9-7-14)22(34)28-18(13-20(31)32)23(35)29-11-3-5-19(29)24(36)37/h6-9,16-19,30H,1-5,10-13,25-26H2,(H,27,33)(H,28,34)(H,31,32)(H,36,37). The highest BCUT2D eigenvalue weighted by atomic mass is 16.4. The van der Waals surface area contributed by atoms with Gasteiger partial charge in [0.1, 0.15) is 23.9 Å². The number of hydrogen-bond acceptors (Lipinski definition) is 8. The molecule has 37 heavy (non-hydrogen) atoms. The van der Waals surface area contributed by atoms with Crippen LogP contribution in [0.25, 0.3) is 0 Å². The molecule has 0 saturated carbocycles. The average Bonchev–Trinajstić information content (AvgIpc) is 3.34. The van der Waals surface area contributed by atoms with E-state index in [2.05, 4.69) is 10.6 Å². The predicted molar refractivity (Wildman–Crippen MR) is 131 cm³/mol. The van der Waals surface area contributed by atoms with Gasteiger partial charge in [-0.25, -0.2) is 4.79 Å². The molecule has 1 fully saturated rings. The van der Waals surface area contributed by atoms with E-state index in [1.807, 2.05) is 0 Å². The van der Waals surface area contributed by atoms with E-state index in [4.69, 9.17) is 11.5 Å². The van der Waals surface area contributed by atoms with E-state index in [0.717, 1.165) is 4.90 Å². The second-order valence-corrected chi connectivity index (χ2v) is 9.01. The molecular weight excluding hydrogens is 486 g/mol. The SMILES string of the molecule is NCCCCC(N)C(=O)NC(Cc1ccc(O)cc1)C(=O)NC(CC(=O)O)C(=O)N1CCCC1C(=O)O. The molecule has 2 rings (SSSR count). The normalized spacial score (nSPS) is 17.5. The molecule has 1 aliphatic rings. The number of amides is 3. The first-order valence-corrected chi connectivity index (χ1v) is 12.1. The van der Waals surface area contributed by atoms with Crippen LogP contribution in [0.2, 0.25) is 0 Å². The van der Waals surface area contributed by atoms with Crippen LogP contribution < -0.4 is 22.1 Å². The maximum atomic E-state index is 13.2. The highest BCUT2D eigenvalue weighted by molar-refractivity contribution is 5.96. The fraction of sp³-hybridized carbons (Fsp3) is 0.542. The van der Waals surface area contributed by atoms with E-state index >= 15 is 0 Å². The van der Waals surface area contributed by atoms with Gasteiger partial charge >= 0.3 is 11.9 Å². The first-order valence-electron chi connectivity index (χ1n) is 12.1. The molecule has 0 bridgehead atoms. The summed E-state index contributed by atoms with van der Waals surface area (Å²) in [5.41, 5.74) is 12.0. The monoisotopic (exact) mass is 521 g/mol. The maximum Gasteiger partial charge on any atom is 0.326 e. The van der Waals surface area contributed by atoms with E-state index in [-0.39, 0.29) is 25.1 Å². The van der Waals surface area contributed by atoms with Crippen molar-refractivity contribution in [3.8, 4) is 5.75 Å². The number of hydrogen-bond donors (Lipinski definition) is 7. The van der Waals surface area contributed by atoms with Gasteiger partial charge in [0.05, 0.1) is 12.5 Å². The number of carbonyl (C=O) groups excluding carboxylic acids is 3. The molecule has 4 atom stereocenters. The third kappa shape index (κ3) is 9.03. The van der Waals surface area contributed by atoms with Gasteiger partial charge in [-0.1, -0.05) is 18.6 Å². The molecular formula is C24H35N5O8. The number of phenolic OH excluding ortho intramolecular Hbond substituents is 1. The summed E-state index contributed by atoms with van der Waals surface area (Å²) < 4.78 is 0. The van der Waals surface area contributed by atoms with E-state index < -0.39 is 60.2 Å². The molecule has 0 spiro atoms. The fourth-order valence-electron chi connectivity index (χ4n) is 4.13.